The van der Waals surface area contributed by atoms with Crippen LogP contribution in [0.5, 0.6) is 0 Å². The molecule has 2 fully saturated rings. The van der Waals surface area contributed by atoms with Crippen LogP contribution in [0.4, 0.5) is 11.6 Å². The van der Waals surface area contributed by atoms with Gasteiger partial charge in [0.25, 0.3) is 0 Å². The van der Waals surface area contributed by atoms with Crippen LogP contribution in [-0.2, 0) is 14.9 Å². The van der Waals surface area contributed by atoms with E-state index in [0.717, 1.165) is 5.56 Å². The molecule has 5 N–H and O–H groups in total. The summed E-state index contributed by atoms with van der Waals surface area (Å²) in [5, 5.41) is 18.0. The van der Waals surface area contributed by atoms with E-state index >= 15 is 0 Å². The lowest BCUT2D eigenvalue weighted by Crippen LogP contribution is -2.38. The quantitative estimate of drug-likeness (QED) is 0.506. The smallest absolute Gasteiger partial charge is 0.165 e. The van der Waals surface area contributed by atoms with Crippen molar-refractivity contribution in [2.24, 2.45) is 16.5 Å². The Morgan fingerprint density at radius 3 is 2.57 bits per heavy atom. The summed E-state index contributed by atoms with van der Waals surface area (Å²) < 4.78 is 10.9. The van der Waals surface area contributed by atoms with Crippen molar-refractivity contribution in [3.8, 4) is 6.07 Å². The fourth-order valence-electron chi connectivity index (χ4n) is 3.53. The Hall–Kier alpha value is -2.96. The number of nitrogens with two attached hydrogens (primary N) is 2. The van der Waals surface area contributed by atoms with Crippen molar-refractivity contribution in [3.05, 3.63) is 29.5 Å². The molecule has 0 atom stereocenters. The maximum absolute atomic E-state index is 10.1. The second kappa shape index (κ2) is 8.82. The SMILES string of the molecule is N#CC1(c2cc(N3CCOCC3)nc(/N=C(N)\C=C/N)c2C=N)CCOCC1. The van der Waals surface area contributed by atoms with Crippen LogP contribution in [0.3, 0.4) is 0 Å². The van der Waals surface area contributed by atoms with Gasteiger partial charge in [0.1, 0.15) is 11.7 Å². The first-order valence-electron chi connectivity index (χ1n) is 9.23. The van der Waals surface area contributed by atoms with Crippen molar-refractivity contribution in [2.45, 2.75) is 18.3 Å². The Balaban J connectivity index is 2.19. The van der Waals surface area contributed by atoms with E-state index in [1.165, 1.54) is 18.5 Å². The Labute approximate surface area is 164 Å². The number of aliphatic imine (C=N–C) groups is 1. The van der Waals surface area contributed by atoms with Crippen LogP contribution in [0.2, 0.25) is 0 Å². The van der Waals surface area contributed by atoms with E-state index in [1.54, 1.807) is 0 Å². The number of nitrogens with zero attached hydrogens (tertiary/aromatic N) is 4. The normalized spacial score (nSPS) is 20.1. The van der Waals surface area contributed by atoms with Crippen molar-refractivity contribution in [1.29, 1.82) is 10.7 Å². The predicted molar refractivity (Wildman–Crippen MR) is 107 cm³/mol. The summed E-state index contributed by atoms with van der Waals surface area (Å²) in [6.45, 7) is 3.60. The summed E-state index contributed by atoms with van der Waals surface area (Å²) in [5.74, 6) is 1.19. The van der Waals surface area contributed by atoms with E-state index in [9.17, 15) is 5.26 Å². The molecule has 0 radical (unpaired) electrons. The van der Waals surface area contributed by atoms with Gasteiger partial charge < -0.3 is 31.3 Å². The first-order valence-corrected chi connectivity index (χ1v) is 9.23. The summed E-state index contributed by atoms with van der Waals surface area (Å²) in [6.07, 6.45) is 5.06. The van der Waals surface area contributed by atoms with Crippen molar-refractivity contribution in [3.63, 3.8) is 0 Å². The molecule has 3 rings (SSSR count). The molecule has 1 aromatic rings. The summed E-state index contributed by atoms with van der Waals surface area (Å²) >= 11 is 0. The number of hydrogen-bond donors (Lipinski definition) is 3. The minimum absolute atomic E-state index is 0.182. The van der Waals surface area contributed by atoms with Crippen LogP contribution >= 0.6 is 0 Å². The first-order chi connectivity index (χ1) is 13.6. The Morgan fingerprint density at radius 2 is 1.96 bits per heavy atom. The zero-order valence-corrected chi connectivity index (χ0v) is 15.7. The maximum Gasteiger partial charge on any atom is 0.165 e. The van der Waals surface area contributed by atoms with Gasteiger partial charge >= 0.3 is 0 Å². The van der Waals surface area contributed by atoms with Crippen LogP contribution < -0.4 is 16.4 Å². The van der Waals surface area contributed by atoms with Gasteiger partial charge in [0.15, 0.2) is 5.82 Å². The van der Waals surface area contributed by atoms with Crippen LogP contribution in [-0.4, -0.2) is 56.6 Å². The van der Waals surface area contributed by atoms with Crippen LogP contribution in [0.15, 0.2) is 23.3 Å². The summed E-state index contributed by atoms with van der Waals surface area (Å²) in [7, 11) is 0. The number of pyridine rings is 1. The highest BCUT2D eigenvalue weighted by Gasteiger charge is 2.38. The van der Waals surface area contributed by atoms with Crippen molar-refractivity contribution in [2.75, 3.05) is 44.4 Å². The van der Waals surface area contributed by atoms with Gasteiger partial charge in [-0.3, -0.25) is 0 Å². The zero-order valence-electron chi connectivity index (χ0n) is 15.7. The molecule has 0 bridgehead atoms. The van der Waals surface area contributed by atoms with E-state index < -0.39 is 5.41 Å². The third-order valence-electron chi connectivity index (χ3n) is 5.08. The molecule has 2 saturated heterocycles. The van der Waals surface area contributed by atoms with Gasteiger partial charge in [-0.1, -0.05) is 0 Å². The number of anilines is 1. The van der Waals surface area contributed by atoms with Crippen molar-refractivity contribution in [1.82, 2.24) is 4.98 Å². The van der Waals surface area contributed by atoms with Gasteiger partial charge in [0.2, 0.25) is 0 Å². The van der Waals surface area contributed by atoms with Crippen molar-refractivity contribution >= 4 is 23.7 Å². The average Bonchev–Trinajstić information content (AvgIpc) is 2.74. The molecule has 2 aliphatic heterocycles. The lowest BCUT2D eigenvalue weighted by molar-refractivity contribution is 0.0675. The van der Waals surface area contributed by atoms with Gasteiger partial charge in [-0.2, -0.15) is 5.26 Å². The molecule has 0 aliphatic carbocycles. The fraction of sp³-hybridized carbons (Fsp3) is 0.474. The topological polar surface area (TPSA) is 147 Å². The third-order valence-corrected chi connectivity index (χ3v) is 5.08. The Bertz CT molecular complexity index is 816. The number of morpholine rings is 1. The predicted octanol–water partition coefficient (Wildman–Crippen LogP) is 0.949. The Kier molecular flexibility index (Phi) is 6.23. The number of ether oxygens (including phenoxy) is 2. The number of aromatic nitrogens is 1. The van der Waals surface area contributed by atoms with Gasteiger partial charge in [-0.05, 0) is 36.7 Å². The highest BCUT2D eigenvalue weighted by atomic mass is 16.5. The largest absolute Gasteiger partial charge is 0.404 e. The minimum Gasteiger partial charge on any atom is -0.404 e. The molecule has 0 aromatic carbocycles. The molecule has 28 heavy (non-hydrogen) atoms. The van der Waals surface area contributed by atoms with E-state index in [2.05, 4.69) is 20.9 Å². The van der Waals surface area contributed by atoms with E-state index in [4.69, 9.17) is 26.4 Å². The summed E-state index contributed by atoms with van der Waals surface area (Å²) in [6, 6.07) is 4.39. The van der Waals surface area contributed by atoms with E-state index in [1.807, 2.05) is 6.07 Å². The number of nitriles is 1. The van der Waals surface area contributed by atoms with Gasteiger partial charge in [-0.25, -0.2) is 9.98 Å². The van der Waals surface area contributed by atoms with Crippen LogP contribution in [0.25, 0.3) is 0 Å². The Morgan fingerprint density at radius 1 is 1.29 bits per heavy atom. The van der Waals surface area contributed by atoms with E-state index in [-0.39, 0.29) is 5.84 Å². The molecule has 3 heterocycles. The monoisotopic (exact) mass is 383 g/mol. The molecule has 9 heteroatoms. The number of amidine groups is 1. The fourth-order valence-corrected chi connectivity index (χ4v) is 3.53. The molecule has 2 aliphatic rings. The molecule has 0 saturated carbocycles. The van der Waals surface area contributed by atoms with Crippen molar-refractivity contribution < 1.29 is 9.47 Å². The summed E-state index contributed by atoms with van der Waals surface area (Å²) in [4.78, 5) is 11.1. The molecule has 0 unspecified atom stereocenters. The van der Waals surface area contributed by atoms with Crippen LogP contribution in [0, 0.1) is 16.7 Å². The second-order valence-electron chi connectivity index (χ2n) is 6.71. The lowest BCUT2D eigenvalue weighted by Gasteiger charge is -2.34. The summed E-state index contributed by atoms with van der Waals surface area (Å²) in [5.41, 5.74) is 11.8. The molecule has 1 aromatic heterocycles. The molecule has 148 valence electrons. The highest BCUT2D eigenvalue weighted by molar-refractivity contribution is 5.96. The third kappa shape index (κ3) is 3.98. The number of rotatable bonds is 5. The molecular weight excluding hydrogens is 358 g/mol. The molecule has 0 amide bonds. The standard InChI is InChI=1S/C19H25N7O2/c20-4-1-16(23)24-18-14(12-21)15(19(13-22)2-7-27-8-3-19)11-17(25-18)26-5-9-28-10-6-26/h1,4,11-12,21H,2-3,5-10,20H2,(H2,23,24,25)/b4-1-,21-12?. The highest BCUT2D eigenvalue weighted by Crippen LogP contribution is 2.40. The second-order valence-corrected chi connectivity index (χ2v) is 6.71. The van der Waals surface area contributed by atoms with Gasteiger partial charge in [0, 0.05) is 38.1 Å². The van der Waals surface area contributed by atoms with Crippen LogP contribution in [0.1, 0.15) is 24.0 Å². The van der Waals surface area contributed by atoms with Gasteiger partial charge in [-0.15, -0.1) is 0 Å². The lowest BCUT2D eigenvalue weighted by atomic mass is 9.74. The zero-order chi connectivity index (χ0) is 20.0. The molecule has 9 nitrogen and oxygen atoms in total. The van der Waals surface area contributed by atoms with E-state index in [0.29, 0.717) is 69.6 Å². The molecular formula is C19H25N7O2. The molecule has 0 spiro atoms. The van der Waals surface area contributed by atoms with Gasteiger partial charge in [0.05, 0.1) is 24.7 Å². The minimum atomic E-state index is -0.752. The maximum atomic E-state index is 10.1. The number of hydrogen-bond acceptors (Lipinski definition) is 8. The number of nitrogens with one attached hydrogen (secondary N) is 1. The average molecular weight is 383 g/mol. The first kappa shape index (κ1) is 19.8.